The van der Waals surface area contributed by atoms with E-state index in [1.54, 1.807) is 42.6 Å². The fourth-order valence-corrected chi connectivity index (χ4v) is 3.53. The van der Waals surface area contributed by atoms with Crippen molar-refractivity contribution < 1.29 is 9.59 Å². The number of nitrogens with two attached hydrogens (primary N) is 1. The molecule has 0 aliphatic rings. The summed E-state index contributed by atoms with van der Waals surface area (Å²) in [5.41, 5.74) is 9.05. The Balaban J connectivity index is 1.81. The average molecular weight is 392 g/mol. The van der Waals surface area contributed by atoms with Gasteiger partial charge in [-0.05, 0) is 67.4 Å². The lowest BCUT2D eigenvalue weighted by Gasteiger charge is -2.11. The summed E-state index contributed by atoms with van der Waals surface area (Å²) in [6, 6.07) is 15.7. The molecule has 0 radical (unpaired) electrons. The first-order chi connectivity index (χ1) is 13.4. The highest BCUT2D eigenvalue weighted by Gasteiger charge is 2.14. The van der Waals surface area contributed by atoms with Crippen LogP contribution in [-0.4, -0.2) is 16.9 Å². The maximum absolute atomic E-state index is 12.8. The molecule has 0 spiro atoms. The van der Waals surface area contributed by atoms with E-state index in [1.165, 1.54) is 22.9 Å². The first-order valence-corrected chi connectivity index (χ1v) is 9.42. The van der Waals surface area contributed by atoms with Crippen LogP contribution in [0, 0.1) is 13.8 Å². The molecule has 0 saturated carbocycles. The van der Waals surface area contributed by atoms with Crippen LogP contribution in [0.3, 0.4) is 0 Å². The van der Waals surface area contributed by atoms with Gasteiger partial charge in [-0.15, -0.1) is 0 Å². The highest BCUT2D eigenvalue weighted by atomic mass is 32.2. The average Bonchev–Trinajstić information content (AvgIpc) is 2.65. The highest BCUT2D eigenvalue weighted by Crippen LogP contribution is 2.30. The topological polar surface area (TPSA) is 97.1 Å². The van der Waals surface area contributed by atoms with Crippen LogP contribution in [0.15, 0.2) is 70.7 Å². The van der Waals surface area contributed by atoms with E-state index in [0.29, 0.717) is 22.0 Å². The summed E-state index contributed by atoms with van der Waals surface area (Å²) in [6.07, 6.45) is 1.66. The summed E-state index contributed by atoms with van der Waals surface area (Å²) in [5, 5.41) is 5.94. The summed E-state index contributed by atoms with van der Waals surface area (Å²) in [7, 11) is 0. The number of nitrogens with one attached hydrogen (secondary N) is 2. The molecular weight excluding hydrogens is 372 g/mol. The molecular formula is C21H20N4O2S. The van der Waals surface area contributed by atoms with Gasteiger partial charge in [0.2, 0.25) is 0 Å². The molecule has 0 atom stereocenters. The van der Waals surface area contributed by atoms with Gasteiger partial charge in [-0.25, -0.2) is 9.78 Å². The number of pyridine rings is 1. The Kier molecular flexibility index (Phi) is 5.96. The number of amides is 3. The summed E-state index contributed by atoms with van der Waals surface area (Å²) >= 11 is 1.44. The van der Waals surface area contributed by atoms with Crippen molar-refractivity contribution in [1.82, 2.24) is 4.98 Å². The molecule has 0 aliphatic carbocycles. The van der Waals surface area contributed by atoms with Gasteiger partial charge in [-0.3, -0.25) is 4.79 Å². The minimum Gasteiger partial charge on any atom is -0.351 e. The van der Waals surface area contributed by atoms with Crippen LogP contribution in [0.2, 0.25) is 0 Å². The molecule has 1 aromatic heterocycles. The number of aryl methyl sites for hydroxylation is 2. The molecule has 142 valence electrons. The Morgan fingerprint density at radius 3 is 2.39 bits per heavy atom. The summed E-state index contributed by atoms with van der Waals surface area (Å²) in [4.78, 5) is 29.2. The van der Waals surface area contributed by atoms with Gasteiger partial charge in [-0.1, -0.05) is 23.9 Å². The van der Waals surface area contributed by atoms with Crippen LogP contribution in [-0.2, 0) is 0 Å². The Hall–Kier alpha value is -3.32. The van der Waals surface area contributed by atoms with Crippen molar-refractivity contribution in [2.24, 2.45) is 5.73 Å². The van der Waals surface area contributed by atoms with Crippen LogP contribution in [0.4, 0.5) is 16.2 Å². The standard InChI is InChI=1S/C21H20N4O2S/c1-13-8-9-17(11-14(13)2)28-20-18(7-4-10-23-20)19(26)24-15-5-3-6-16(12-15)25-21(22)27/h3-12H,1-2H3,(H,24,26)(H3,22,25,27). The fraction of sp³-hybridized carbons (Fsp3) is 0.0952. The van der Waals surface area contributed by atoms with E-state index < -0.39 is 6.03 Å². The first kappa shape index (κ1) is 19.4. The number of benzene rings is 2. The van der Waals surface area contributed by atoms with E-state index in [9.17, 15) is 9.59 Å². The third kappa shape index (κ3) is 4.89. The largest absolute Gasteiger partial charge is 0.351 e. The highest BCUT2D eigenvalue weighted by molar-refractivity contribution is 7.99. The van der Waals surface area contributed by atoms with Crippen molar-refractivity contribution in [2.45, 2.75) is 23.8 Å². The van der Waals surface area contributed by atoms with Crippen LogP contribution in [0.25, 0.3) is 0 Å². The van der Waals surface area contributed by atoms with Crippen LogP contribution < -0.4 is 16.4 Å². The number of rotatable bonds is 5. The minimum absolute atomic E-state index is 0.282. The van der Waals surface area contributed by atoms with E-state index in [2.05, 4.69) is 41.6 Å². The second kappa shape index (κ2) is 8.58. The molecule has 6 nitrogen and oxygen atoms in total. The van der Waals surface area contributed by atoms with Gasteiger partial charge in [0.05, 0.1) is 5.56 Å². The fourth-order valence-electron chi connectivity index (χ4n) is 2.55. The second-order valence-corrected chi connectivity index (χ2v) is 7.29. The predicted octanol–water partition coefficient (Wildman–Crippen LogP) is 4.59. The number of carbonyl (C=O) groups is 2. The third-order valence-corrected chi connectivity index (χ3v) is 5.10. The molecule has 2 aromatic carbocycles. The molecule has 3 amide bonds. The number of hydrogen-bond acceptors (Lipinski definition) is 4. The van der Waals surface area contributed by atoms with Gasteiger partial charge in [0.25, 0.3) is 5.91 Å². The summed E-state index contributed by atoms with van der Waals surface area (Å²) in [5.74, 6) is -0.282. The molecule has 3 aromatic rings. The summed E-state index contributed by atoms with van der Waals surface area (Å²) in [6.45, 7) is 4.11. The number of aromatic nitrogens is 1. The monoisotopic (exact) mass is 392 g/mol. The van der Waals surface area contributed by atoms with E-state index in [-0.39, 0.29) is 5.91 Å². The molecule has 7 heteroatoms. The van der Waals surface area contributed by atoms with Gasteiger partial charge in [0, 0.05) is 22.5 Å². The Bertz CT molecular complexity index is 1040. The zero-order valence-electron chi connectivity index (χ0n) is 15.5. The molecule has 0 unspecified atom stereocenters. The number of primary amides is 1. The second-order valence-electron chi connectivity index (χ2n) is 6.23. The van der Waals surface area contributed by atoms with E-state index in [1.807, 2.05) is 6.07 Å². The number of nitrogens with zero attached hydrogens (tertiary/aromatic N) is 1. The number of urea groups is 1. The lowest BCUT2D eigenvalue weighted by atomic mass is 10.1. The van der Waals surface area contributed by atoms with Crippen LogP contribution >= 0.6 is 11.8 Å². The Morgan fingerprint density at radius 2 is 1.68 bits per heavy atom. The van der Waals surface area contributed by atoms with E-state index in [4.69, 9.17) is 5.73 Å². The summed E-state index contributed by atoms with van der Waals surface area (Å²) < 4.78 is 0. The van der Waals surface area contributed by atoms with Gasteiger partial charge in [0.1, 0.15) is 5.03 Å². The van der Waals surface area contributed by atoms with Crippen molar-refractivity contribution in [3.8, 4) is 0 Å². The quantitative estimate of drug-likeness (QED) is 0.591. The van der Waals surface area contributed by atoms with E-state index in [0.717, 1.165) is 4.90 Å². The van der Waals surface area contributed by atoms with Gasteiger partial charge in [0.15, 0.2) is 0 Å². The molecule has 28 heavy (non-hydrogen) atoms. The Labute approximate surface area is 167 Å². The molecule has 0 bridgehead atoms. The van der Waals surface area contributed by atoms with Crippen molar-refractivity contribution >= 4 is 35.1 Å². The van der Waals surface area contributed by atoms with Crippen LogP contribution in [0.1, 0.15) is 21.5 Å². The molecule has 3 rings (SSSR count). The van der Waals surface area contributed by atoms with Crippen LogP contribution in [0.5, 0.6) is 0 Å². The van der Waals surface area contributed by atoms with Crippen molar-refractivity contribution in [2.75, 3.05) is 10.6 Å². The van der Waals surface area contributed by atoms with E-state index >= 15 is 0 Å². The van der Waals surface area contributed by atoms with Gasteiger partial charge in [-0.2, -0.15) is 0 Å². The first-order valence-electron chi connectivity index (χ1n) is 8.60. The zero-order valence-corrected chi connectivity index (χ0v) is 16.3. The lowest BCUT2D eigenvalue weighted by molar-refractivity contribution is 0.102. The molecule has 0 fully saturated rings. The number of carbonyl (C=O) groups excluding carboxylic acids is 2. The lowest BCUT2D eigenvalue weighted by Crippen LogP contribution is -2.19. The van der Waals surface area contributed by atoms with Crippen molar-refractivity contribution in [3.63, 3.8) is 0 Å². The van der Waals surface area contributed by atoms with Crippen molar-refractivity contribution in [1.29, 1.82) is 0 Å². The maximum atomic E-state index is 12.8. The van der Waals surface area contributed by atoms with Gasteiger partial charge < -0.3 is 16.4 Å². The van der Waals surface area contributed by atoms with Gasteiger partial charge >= 0.3 is 6.03 Å². The Morgan fingerprint density at radius 1 is 0.929 bits per heavy atom. The smallest absolute Gasteiger partial charge is 0.316 e. The number of hydrogen-bond donors (Lipinski definition) is 3. The SMILES string of the molecule is Cc1ccc(Sc2ncccc2C(=O)Nc2cccc(NC(N)=O)c2)cc1C. The van der Waals surface area contributed by atoms with Crippen molar-refractivity contribution in [3.05, 3.63) is 77.5 Å². The third-order valence-electron chi connectivity index (χ3n) is 4.10. The zero-order chi connectivity index (χ0) is 20.1. The minimum atomic E-state index is -0.664. The molecule has 1 heterocycles. The number of anilines is 2. The molecule has 4 N–H and O–H groups in total. The normalized spacial score (nSPS) is 10.4. The molecule has 0 aliphatic heterocycles. The molecule has 0 saturated heterocycles. The predicted molar refractivity (Wildman–Crippen MR) is 112 cm³/mol. The maximum Gasteiger partial charge on any atom is 0.316 e.